The normalized spacial score (nSPS) is 11.7. The molecular formula is C27H28N2O5S2. The Morgan fingerprint density at radius 2 is 1.64 bits per heavy atom. The van der Waals surface area contributed by atoms with Crippen LogP contribution < -0.4 is 24.3 Å². The Hall–Kier alpha value is -3.43. The molecule has 1 atom stereocenters. The summed E-state index contributed by atoms with van der Waals surface area (Å²) in [6.07, 6.45) is 0.714. The van der Waals surface area contributed by atoms with Gasteiger partial charge in [-0.15, -0.1) is 23.1 Å². The molecule has 1 aromatic heterocycles. The van der Waals surface area contributed by atoms with E-state index in [0.717, 1.165) is 25.9 Å². The van der Waals surface area contributed by atoms with Crippen molar-refractivity contribution in [2.24, 2.45) is 0 Å². The number of thioether (sulfide) groups is 1. The van der Waals surface area contributed by atoms with Crippen LogP contribution in [0, 0.1) is 0 Å². The maximum absolute atomic E-state index is 13.1. The van der Waals surface area contributed by atoms with Crippen molar-refractivity contribution in [2.45, 2.75) is 16.6 Å². The monoisotopic (exact) mass is 524 g/mol. The number of fused-ring (bicyclic) bond motifs is 1. The lowest BCUT2D eigenvalue weighted by Crippen LogP contribution is -2.31. The molecule has 7 nitrogen and oxygen atoms in total. The second kappa shape index (κ2) is 12.0. The Morgan fingerprint density at radius 3 is 2.25 bits per heavy atom. The van der Waals surface area contributed by atoms with Gasteiger partial charge < -0.3 is 24.3 Å². The summed E-state index contributed by atoms with van der Waals surface area (Å²) < 4.78 is 22.6. The maximum Gasteiger partial charge on any atom is 0.251 e. The summed E-state index contributed by atoms with van der Waals surface area (Å²) >= 11 is 3.38. The number of amides is 1. The molecule has 0 aliphatic rings. The summed E-state index contributed by atoms with van der Waals surface area (Å²) in [5, 5.41) is 4.17. The van der Waals surface area contributed by atoms with E-state index in [1.807, 2.05) is 42.5 Å². The highest BCUT2D eigenvalue weighted by Crippen LogP contribution is 2.38. The number of thiazole rings is 1. The zero-order valence-electron chi connectivity index (χ0n) is 20.6. The van der Waals surface area contributed by atoms with Crippen molar-refractivity contribution < 1.29 is 23.7 Å². The van der Waals surface area contributed by atoms with Crippen LogP contribution in [0.4, 0.5) is 0 Å². The van der Waals surface area contributed by atoms with Gasteiger partial charge in [0.25, 0.3) is 5.91 Å². The number of carbonyl (C=O) groups is 1. The van der Waals surface area contributed by atoms with Gasteiger partial charge in [0.2, 0.25) is 5.75 Å². The SMILES string of the molecule is COc1ccc(SC(CNC(=O)c2cc(OC)c(OC)c(OC)c2)Cc2nc3ccccc3s2)cc1. The third-order valence-corrected chi connectivity index (χ3v) is 7.79. The molecule has 1 unspecified atom stereocenters. The molecule has 0 saturated carbocycles. The van der Waals surface area contributed by atoms with Crippen LogP contribution in [0.5, 0.6) is 23.0 Å². The molecule has 0 aliphatic heterocycles. The maximum atomic E-state index is 13.1. The fourth-order valence-corrected chi connectivity index (χ4v) is 5.96. The molecule has 1 N–H and O–H groups in total. The van der Waals surface area contributed by atoms with Crippen molar-refractivity contribution >= 4 is 39.2 Å². The number of nitrogens with one attached hydrogen (secondary N) is 1. The van der Waals surface area contributed by atoms with Gasteiger partial charge in [-0.05, 0) is 48.5 Å². The van der Waals surface area contributed by atoms with E-state index in [4.69, 9.17) is 23.9 Å². The largest absolute Gasteiger partial charge is 0.497 e. The molecule has 4 aromatic rings. The van der Waals surface area contributed by atoms with Crippen molar-refractivity contribution in [3.8, 4) is 23.0 Å². The number of methoxy groups -OCH3 is 4. The summed E-state index contributed by atoms with van der Waals surface area (Å²) in [4.78, 5) is 19.0. The zero-order chi connectivity index (χ0) is 25.5. The number of para-hydroxylation sites is 1. The predicted octanol–water partition coefficient (Wildman–Crippen LogP) is 5.46. The first-order chi connectivity index (χ1) is 17.5. The molecule has 9 heteroatoms. The summed E-state index contributed by atoms with van der Waals surface area (Å²) in [5.41, 5.74) is 1.42. The number of ether oxygens (including phenoxy) is 4. The highest BCUT2D eigenvalue weighted by molar-refractivity contribution is 8.00. The zero-order valence-corrected chi connectivity index (χ0v) is 22.2. The molecule has 0 aliphatic carbocycles. The first kappa shape index (κ1) is 25.7. The van der Waals surface area contributed by atoms with Crippen molar-refractivity contribution in [1.29, 1.82) is 0 Å². The molecule has 36 heavy (non-hydrogen) atoms. The molecule has 188 valence electrons. The van der Waals surface area contributed by atoms with Crippen LogP contribution >= 0.6 is 23.1 Å². The van der Waals surface area contributed by atoms with Gasteiger partial charge in [-0.1, -0.05) is 12.1 Å². The number of nitrogens with zero attached hydrogens (tertiary/aromatic N) is 1. The van der Waals surface area contributed by atoms with E-state index in [2.05, 4.69) is 11.4 Å². The fraction of sp³-hybridized carbons (Fsp3) is 0.259. The molecule has 0 fully saturated rings. The van der Waals surface area contributed by atoms with Gasteiger partial charge in [0.1, 0.15) is 5.75 Å². The first-order valence-electron chi connectivity index (χ1n) is 11.3. The van der Waals surface area contributed by atoms with E-state index in [-0.39, 0.29) is 11.2 Å². The molecule has 1 amide bonds. The lowest BCUT2D eigenvalue weighted by atomic mass is 10.1. The van der Waals surface area contributed by atoms with E-state index < -0.39 is 0 Å². The van der Waals surface area contributed by atoms with Crippen LogP contribution in [0.25, 0.3) is 10.2 Å². The summed E-state index contributed by atoms with van der Waals surface area (Å²) in [6.45, 7) is 0.447. The fourth-order valence-electron chi connectivity index (χ4n) is 3.73. The van der Waals surface area contributed by atoms with Crippen molar-refractivity contribution in [1.82, 2.24) is 10.3 Å². The van der Waals surface area contributed by atoms with Crippen molar-refractivity contribution in [3.63, 3.8) is 0 Å². The number of hydrogen-bond acceptors (Lipinski definition) is 8. The van der Waals surface area contributed by atoms with Crippen molar-refractivity contribution in [3.05, 3.63) is 71.2 Å². The molecule has 1 heterocycles. The minimum absolute atomic E-state index is 0.0601. The van der Waals surface area contributed by atoms with E-state index in [1.54, 1.807) is 42.3 Å². The van der Waals surface area contributed by atoms with Crippen LogP contribution in [-0.4, -0.2) is 51.1 Å². The molecule has 0 radical (unpaired) electrons. The van der Waals surface area contributed by atoms with Crippen LogP contribution in [0.2, 0.25) is 0 Å². The second-order valence-electron chi connectivity index (χ2n) is 7.82. The predicted molar refractivity (Wildman–Crippen MR) is 144 cm³/mol. The lowest BCUT2D eigenvalue weighted by Gasteiger charge is -2.18. The van der Waals surface area contributed by atoms with Gasteiger partial charge in [0.05, 0.1) is 43.7 Å². The number of hydrogen-bond donors (Lipinski definition) is 1. The van der Waals surface area contributed by atoms with Gasteiger partial charge >= 0.3 is 0 Å². The van der Waals surface area contributed by atoms with E-state index in [0.29, 0.717) is 35.8 Å². The Labute approximate surface area is 218 Å². The van der Waals surface area contributed by atoms with Gasteiger partial charge in [0, 0.05) is 28.7 Å². The minimum atomic E-state index is -0.223. The smallest absolute Gasteiger partial charge is 0.251 e. The number of benzene rings is 3. The molecule has 4 rings (SSSR count). The van der Waals surface area contributed by atoms with Crippen LogP contribution in [0.3, 0.4) is 0 Å². The van der Waals surface area contributed by atoms with Gasteiger partial charge in [0.15, 0.2) is 11.5 Å². The van der Waals surface area contributed by atoms with Gasteiger partial charge in [-0.25, -0.2) is 4.98 Å². The molecule has 3 aromatic carbocycles. The van der Waals surface area contributed by atoms with Crippen LogP contribution in [-0.2, 0) is 6.42 Å². The number of rotatable bonds is 11. The Balaban J connectivity index is 1.53. The van der Waals surface area contributed by atoms with E-state index in [1.165, 1.54) is 21.3 Å². The molecular weight excluding hydrogens is 496 g/mol. The second-order valence-corrected chi connectivity index (χ2v) is 10.3. The van der Waals surface area contributed by atoms with Crippen LogP contribution in [0.15, 0.2) is 65.6 Å². The van der Waals surface area contributed by atoms with Crippen molar-refractivity contribution in [2.75, 3.05) is 35.0 Å². The minimum Gasteiger partial charge on any atom is -0.497 e. The quantitative estimate of drug-likeness (QED) is 0.261. The van der Waals surface area contributed by atoms with Crippen LogP contribution in [0.1, 0.15) is 15.4 Å². The number of carbonyl (C=O) groups excluding carboxylic acids is 1. The highest BCUT2D eigenvalue weighted by Gasteiger charge is 2.20. The van der Waals surface area contributed by atoms with E-state index in [9.17, 15) is 4.79 Å². The third-order valence-electron chi connectivity index (χ3n) is 5.52. The van der Waals surface area contributed by atoms with Gasteiger partial charge in [-0.2, -0.15) is 0 Å². The molecule has 0 spiro atoms. The van der Waals surface area contributed by atoms with Gasteiger partial charge in [-0.3, -0.25) is 4.79 Å². The molecule has 0 bridgehead atoms. The Morgan fingerprint density at radius 1 is 0.944 bits per heavy atom. The third kappa shape index (κ3) is 6.03. The molecule has 0 saturated heterocycles. The summed E-state index contributed by atoms with van der Waals surface area (Å²) in [6, 6.07) is 19.3. The topological polar surface area (TPSA) is 78.9 Å². The summed E-state index contributed by atoms with van der Waals surface area (Å²) in [7, 11) is 6.23. The Bertz CT molecular complexity index is 1270. The average Bonchev–Trinajstić information content (AvgIpc) is 3.33. The standard InChI is InChI=1S/C27H28N2O5S2/c1-31-18-9-11-19(12-10-18)35-20(15-25-29-21-7-5-6-8-24(21)36-25)16-28-27(30)17-13-22(32-2)26(34-4)23(14-17)33-3/h5-14,20H,15-16H2,1-4H3,(H,28,30). The Kier molecular flexibility index (Phi) is 8.56. The number of aromatic nitrogens is 1. The van der Waals surface area contributed by atoms with E-state index >= 15 is 0 Å². The highest BCUT2D eigenvalue weighted by atomic mass is 32.2. The first-order valence-corrected chi connectivity index (χ1v) is 13.0. The lowest BCUT2D eigenvalue weighted by molar-refractivity contribution is 0.0953. The average molecular weight is 525 g/mol. The summed E-state index contributed by atoms with van der Waals surface area (Å²) in [5.74, 6) is 1.89.